The van der Waals surface area contributed by atoms with Gasteiger partial charge in [0.25, 0.3) is 0 Å². The van der Waals surface area contributed by atoms with Crippen LogP contribution in [-0.4, -0.2) is 37.1 Å². The molecule has 1 rings (SSSR count). The molecular weight excluding hydrogens is 160 g/mol. The van der Waals surface area contributed by atoms with Crippen molar-refractivity contribution < 1.29 is 0 Å². The fourth-order valence-electron chi connectivity index (χ4n) is 1.71. The van der Waals surface area contributed by atoms with Crippen molar-refractivity contribution in [1.82, 2.24) is 10.2 Å². The highest BCUT2D eigenvalue weighted by molar-refractivity contribution is 4.87. The van der Waals surface area contributed by atoms with Crippen molar-refractivity contribution in [1.29, 1.82) is 0 Å². The molecule has 1 atom stereocenters. The maximum absolute atomic E-state index is 5.25. The SMILES string of the molecule is C#CCCN1CCNC(C(C)C)C1. The van der Waals surface area contributed by atoms with Gasteiger partial charge in [0, 0.05) is 38.6 Å². The van der Waals surface area contributed by atoms with Crippen molar-refractivity contribution in [3.05, 3.63) is 0 Å². The first-order valence-electron chi connectivity index (χ1n) is 5.13. The van der Waals surface area contributed by atoms with E-state index in [0.29, 0.717) is 12.0 Å². The second-order valence-corrected chi connectivity index (χ2v) is 4.06. The minimum atomic E-state index is 0.645. The van der Waals surface area contributed by atoms with Gasteiger partial charge in [-0.3, -0.25) is 4.90 Å². The molecule has 1 fully saturated rings. The molecule has 0 aliphatic carbocycles. The van der Waals surface area contributed by atoms with Gasteiger partial charge in [-0.2, -0.15) is 0 Å². The van der Waals surface area contributed by atoms with E-state index in [1.165, 1.54) is 0 Å². The molecule has 0 radical (unpaired) electrons. The highest BCUT2D eigenvalue weighted by Crippen LogP contribution is 2.07. The molecule has 1 N–H and O–H groups in total. The van der Waals surface area contributed by atoms with Gasteiger partial charge in [0.15, 0.2) is 0 Å². The summed E-state index contributed by atoms with van der Waals surface area (Å²) in [6.07, 6.45) is 6.13. The molecule has 0 spiro atoms. The molecule has 0 bridgehead atoms. The average molecular weight is 180 g/mol. The maximum atomic E-state index is 5.25. The van der Waals surface area contributed by atoms with Crippen molar-refractivity contribution in [2.75, 3.05) is 26.2 Å². The number of terminal acetylenes is 1. The Bertz CT molecular complexity index is 181. The van der Waals surface area contributed by atoms with Gasteiger partial charge in [-0.15, -0.1) is 12.3 Å². The van der Waals surface area contributed by atoms with Crippen LogP contribution >= 0.6 is 0 Å². The maximum Gasteiger partial charge on any atom is 0.0218 e. The third-order valence-electron chi connectivity index (χ3n) is 2.67. The number of nitrogens with zero attached hydrogens (tertiary/aromatic N) is 1. The highest BCUT2D eigenvalue weighted by Gasteiger charge is 2.20. The summed E-state index contributed by atoms with van der Waals surface area (Å²) in [4.78, 5) is 2.46. The smallest absolute Gasteiger partial charge is 0.0218 e. The van der Waals surface area contributed by atoms with Crippen LogP contribution in [0.3, 0.4) is 0 Å². The Morgan fingerprint density at radius 3 is 3.00 bits per heavy atom. The third kappa shape index (κ3) is 3.38. The Morgan fingerprint density at radius 1 is 1.62 bits per heavy atom. The van der Waals surface area contributed by atoms with Crippen LogP contribution in [0.5, 0.6) is 0 Å². The summed E-state index contributed by atoms with van der Waals surface area (Å²) in [5, 5.41) is 3.53. The van der Waals surface area contributed by atoms with Crippen molar-refractivity contribution >= 4 is 0 Å². The molecule has 1 saturated heterocycles. The minimum Gasteiger partial charge on any atom is -0.311 e. The molecule has 74 valence electrons. The highest BCUT2D eigenvalue weighted by atomic mass is 15.2. The van der Waals surface area contributed by atoms with E-state index < -0.39 is 0 Å². The Hall–Kier alpha value is -0.520. The van der Waals surface area contributed by atoms with Crippen molar-refractivity contribution in [2.24, 2.45) is 5.92 Å². The molecule has 0 aromatic carbocycles. The van der Waals surface area contributed by atoms with Gasteiger partial charge >= 0.3 is 0 Å². The minimum absolute atomic E-state index is 0.645. The first kappa shape index (κ1) is 10.6. The predicted molar refractivity (Wildman–Crippen MR) is 56.5 cm³/mol. The van der Waals surface area contributed by atoms with Crippen molar-refractivity contribution in [2.45, 2.75) is 26.3 Å². The van der Waals surface area contributed by atoms with E-state index in [2.05, 4.69) is 30.0 Å². The predicted octanol–water partition coefficient (Wildman–Crippen LogP) is 0.940. The second-order valence-electron chi connectivity index (χ2n) is 4.06. The number of hydrogen-bond acceptors (Lipinski definition) is 2. The fraction of sp³-hybridized carbons (Fsp3) is 0.818. The van der Waals surface area contributed by atoms with Gasteiger partial charge in [-0.25, -0.2) is 0 Å². The summed E-state index contributed by atoms with van der Waals surface area (Å²) in [5.74, 6) is 3.41. The van der Waals surface area contributed by atoms with E-state index >= 15 is 0 Å². The molecule has 2 nitrogen and oxygen atoms in total. The molecular formula is C11H20N2. The molecule has 1 unspecified atom stereocenters. The number of hydrogen-bond donors (Lipinski definition) is 1. The zero-order valence-corrected chi connectivity index (χ0v) is 8.71. The van der Waals surface area contributed by atoms with Crippen LogP contribution in [0.2, 0.25) is 0 Å². The van der Waals surface area contributed by atoms with Gasteiger partial charge in [0.2, 0.25) is 0 Å². The molecule has 1 heterocycles. The van der Waals surface area contributed by atoms with Crippen LogP contribution in [0.25, 0.3) is 0 Å². The third-order valence-corrected chi connectivity index (χ3v) is 2.67. The Morgan fingerprint density at radius 2 is 2.38 bits per heavy atom. The fourth-order valence-corrected chi connectivity index (χ4v) is 1.71. The quantitative estimate of drug-likeness (QED) is 0.650. The summed E-state index contributed by atoms with van der Waals surface area (Å²) in [5.41, 5.74) is 0. The monoisotopic (exact) mass is 180 g/mol. The van der Waals surface area contributed by atoms with Gasteiger partial charge in [0.1, 0.15) is 0 Å². The van der Waals surface area contributed by atoms with Crippen molar-refractivity contribution in [3.8, 4) is 12.3 Å². The Labute approximate surface area is 81.7 Å². The summed E-state index contributed by atoms with van der Waals surface area (Å²) in [7, 11) is 0. The standard InChI is InChI=1S/C11H20N2/c1-4-5-7-13-8-6-12-11(9-13)10(2)3/h1,10-12H,5-9H2,2-3H3. The average Bonchev–Trinajstić information content (AvgIpc) is 2.15. The van der Waals surface area contributed by atoms with Gasteiger partial charge < -0.3 is 5.32 Å². The molecule has 0 saturated carbocycles. The lowest BCUT2D eigenvalue weighted by atomic mass is 10.0. The van der Waals surface area contributed by atoms with Crippen LogP contribution in [-0.2, 0) is 0 Å². The van der Waals surface area contributed by atoms with E-state index in [1.54, 1.807) is 0 Å². The van der Waals surface area contributed by atoms with Gasteiger partial charge in [-0.05, 0) is 5.92 Å². The van der Waals surface area contributed by atoms with Crippen LogP contribution < -0.4 is 5.32 Å². The lowest BCUT2D eigenvalue weighted by Crippen LogP contribution is -2.52. The van der Waals surface area contributed by atoms with Gasteiger partial charge in [-0.1, -0.05) is 13.8 Å². The normalized spacial score (nSPS) is 24.6. The van der Waals surface area contributed by atoms with E-state index in [4.69, 9.17) is 6.42 Å². The molecule has 0 aromatic rings. The number of nitrogens with one attached hydrogen (secondary N) is 1. The lowest BCUT2D eigenvalue weighted by molar-refractivity contribution is 0.178. The van der Waals surface area contributed by atoms with E-state index in [0.717, 1.165) is 32.6 Å². The number of rotatable bonds is 3. The Balaban J connectivity index is 2.29. The van der Waals surface area contributed by atoms with E-state index in [9.17, 15) is 0 Å². The van der Waals surface area contributed by atoms with E-state index in [1.807, 2.05) is 0 Å². The molecule has 13 heavy (non-hydrogen) atoms. The molecule has 0 aromatic heterocycles. The van der Waals surface area contributed by atoms with Crippen LogP contribution in [0.15, 0.2) is 0 Å². The molecule has 1 aliphatic heterocycles. The topological polar surface area (TPSA) is 15.3 Å². The van der Waals surface area contributed by atoms with E-state index in [-0.39, 0.29) is 0 Å². The summed E-state index contributed by atoms with van der Waals surface area (Å²) in [6.45, 7) is 8.99. The van der Waals surface area contributed by atoms with Crippen LogP contribution in [0.4, 0.5) is 0 Å². The summed E-state index contributed by atoms with van der Waals surface area (Å²) >= 11 is 0. The molecule has 2 heteroatoms. The largest absolute Gasteiger partial charge is 0.311 e. The summed E-state index contributed by atoms with van der Waals surface area (Å²) in [6, 6.07) is 0.645. The first-order valence-corrected chi connectivity index (χ1v) is 5.13. The zero-order valence-electron chi connectivity index (χ0n) is 8.71. The Kier molecular flexibility index (Phi) is 4.27. The zero-order chi connectivity index (χ0) is 9.68. The second kappa shape index (κ2) is 5.26. The number of piperazine rings is 1. The van der Waals surface area contributed by atoms with Crippen LogP contribution in [0, 0.1) is 18.3 Å². The lowest BCUT2D eigenvalue weighted by Gasteiger charge is -2.35. The van der Waals surface area contributed by atoms with Crippen molar-refractivity contribution in [3.63, 3.8) is 0 Å². The van der Waals surface area contributed by atoms with Gasteiger partial charge in [0.05, 0.1) is 0 Å². The molecule has 0 amide bonds. The molecule has 1 aliphatic rings. The first-order chi connectivity index (χ1) is 6.24. The summed E-state index contributed by atoms with van der Waals surface area (Å²) < 4.78 is 0. The van der Waals surface area contributed by atoms with Crippen LogP contribution in [0.1, 0.15) is 20.3 Å².